The molecule has 0 fully saturated rings. The second-order valence-corrected chi connectivity index (χ2v) is 10.6. The molecule has 0 saturated carbocycles. The zero-order valence-corrected chi connectivity index (χ0v) is 26.0. The number of ether oxygens (including phenoxy) is 2. The van der Waals surface area contributed by atoms with E-state index in [1.807, 2.05) is 12.2 Å². The van der Waals surface area contributed by atoms with Gasteiger partial charge >= 0.3 is 11.9 Å². The van der Waals surface area contributed by atoms with E-state index in [0.717, 1.165) is 38.5 Å². The van der Waals surface area contributed by atoms with Crippen LogP contribution in [-0.2, 0) is 23.9 Å². The van der Waals surface area contributed by atoms with Gasteiger partial charge in [-0.2, -0.15) is 0 Å². The first-order chi connectivity index (χ1) is 20.0. The van der Waals surface area contributed by atoms with Crippen molar-refractivity contribution in [3.63, 3.8) is 0 Å². The molecule has 6 nitrogen and oxygen atoms in total. The van der Waals surface area contributed by atoms with Gasteiger partial charge in [-0.25, -0.2) is 0 Å². The van der Waals surface area contributed by atoms with E-state index in [4.69, 9.17) is 9.47 Å². The van der Waals surface area contributed by atoms with Crippen molar-refractivity contribution in [2.45, 2.75) is 142 Å². The second kappa shape index (κ2) is 30.5. The number of ketones is 1. The molecule has 0 amide bonds. The van der Waals surface area contributed by atoms with Gasteiger partial charge in [0.1, 0.15) is 6.61 Å². The van der Waals surface area contributed by atoms with Gasteiger partial charge in [-0.05, 0) is 44.6 Å². The topological polar surface area (TPSA) is 89.9 Å². The second-order valence-electron chi connectivity index (χ2n) is 10.6. The van der Waals surface area contributed by atoms with Crippen molar-refractivity contribution in [1.82, 2.24) is 0 Å². The van der Waals surface area contributed by atoms with Crippen LogP contribution in [-0.4, -0.2) is 42.1 Å². The summed E-state index contributed by atoms with van der Waals surface area (Å²) in [5.74, 6) is -0.913. The van der Waals surface area contributed by atoms with E-state index in [2.05, 4.69) is 38.2 Å². The van der Waals surface area contributed by atoms with Crippen LogP contribution in [0.4, 0.5) is 0 Å². The highest BCUT2D eigenvalue weighted by Crippen LogP contribution is 2.11. The molecule has 0 aromatic heterocycles. The summed E-state index contributed by atoms with van der Waals surface area (Å²) in [5.41, 5.74) is 0. The van der Waals surface area contributed by atoms with Crippen molar-refractivity contribution in [3.05, 3.63) is 48.6 Å². The summed E-state index contributed by atoms with van der Waals surface area (Å²) in [6.45, 7) is 3.85. The molecular weight excluding hydrogens is 516 g/mol. The van der Waals surface area contributed by atoms with Crippen LogP contribution in [0.5, 0.6) is 0 Å². The van der Waals surface area contributed by atoms with Crippen molar-refractivity contribution in [2.75, 3.05) is 13.2 Å². The predicted octanol–water partition coefficient (Wildman–Crippen LogP) is 8.68. The third kappa shape index (κ3) is 28.8. The number of carbonyl (C=O) groups excluding carboxylic acids is 3. The molecule has 1 atom stereocenters. The van der Waals surface area contributed by atoms with Gasteiger partial charge in [0.25, 0.3) is 0 Å². The van der Waals surface area contributed by atoms with E-state index in [9.17, 15) is 19.5 Å². The number of hydrogen-bond donors (Lipinski definition) is 1. The molecule has 0 unspecified atom stereocenters. The molecule has 0 aliphatic carbocycles. The highest BCUT2D eigenvalue weighted by atomic mass is 16.6. The van der Waals surface area contributed by atoms with Gasteiger partial charge < -0.3 is 14.6 Å². The minimum absolute atomic E-state index is 0.0599. The summed E-state index contributed by atoms with van der Waals surface area (Å²) in [5, 5.41) is 9.46. The van der Waals surface area contributed by atoms with Crippen LogP contribution >= 0.6 is 0 Å². The summed E-state index contributed by atoms with van der Waals surface area (Å²) in [4.78, 5) is 36.0. The van der Waals surface area contributed by atoms with Crippen molar-refractivity contribution in [3.8, 4) is 0 Å². The largest absolute Gasteiger partial charge is 0.462 e. The Bertz CT molecular complexity index is 765. The Hall–Kier alpha value is -2.47. The molecule has 0 rings (SSSR count). The normalized spacial score (nSPS) is 12.7. The first-order valence-corrected chi connectivity index (χ1v) is 16.1. The number of unbranched alkanes of at least 4 members (excludes halogenated alkanes) is 11. The molecule has 234 valence electrons. The monoisotopic (exact) mass is 574 g/mol. The molecule has 0 heterocycles. The standard InChI is InChI=1S/C35H58O6/c1-3-5-7-9-11-13-14-15-16-18-19-21-23-26-32(37)27-25-29-35(39)41-33(30-36)31-40-34(38)28-24-22-20-17-12-10-8-6-4-2/h11,13,15-16,19,21,23,26,33,36H,3-10,12,14,17-18,20,22,24-25,27-31H2,1-2H3/b13-11-,16-15-,21-19-,26-23+/t33-/m0/s1. The van der Waals surface area contributed by atoms with Crippen molar-refractivity contribution in [1.29, 1.82) is 0 Å². The molecule has 0 aliphatic rings. The van der Waals surface area contributed by atoms with Gasteiger partial charge in [-0.1, -0.05) is 121 Å². The Labute approximate surface area is 250 Å². The molecule has 0 saturated heterocycles. The van der Waals surface area contributed by atoms with Crippen molar-refractivity contribution in [2.24, 2.45) is 0 Å². The Balaban J connectivity index is 3.87. The molecular formula is C35H58O6. The maximum atomic E-state index is 12.1. The Morgan fingerprint density at radius 2 is 1.22 bits per heavy atom. The predicted molar refractivity (Wildman–Crippen MR) is 169 cm³/mol. The SMILES string of the molecule is CCCCC/C=C\C/C=C\C/C=C\C=C\C(=O)CCCC(=O)O[C@@H](CO)COC(=O)CCCCCCCCCCC. The van der Waals surface area contributed by atoms with Gasteiger partial charge in [0, 0.05) is 19.3 Å². The lowest BCUT2D eigenvalue weighted by Crippen LogP contribution is -2.28. The van der Waals surface area contributed by atoms with Crippen molar-refractivity contribution >= 4 is 17.7 Å². The van der Waals surface area contributed by atoms with E-state index in [0.29, 0.717) is 12.8 Å². The van der Waals surface area contributed by atoms with Gasteiger partial charge in [0.05, 0.1) is 6.61 Å². The minimum atomic E-state index is -0.883. The smallest absolute Gasteiger partial charge is 0.306 e. The maximum Gasteiger partial charge on any atom is 0.306 e. The Morgan fingerprint density at radius 3 is 1.90 bits per heavy atom. The van der Waals surface area contributed by atoms with Crippen LogP contribution in [0.15, 0.2) is 48.6 Å². The zero-order valence-electron chi connectivity index (χ0n) is 26.0. The molecule has 0 aliphatic heterocycles. The Morgan fingerprint density at radius 1 is 0.634 bits per heavy atom. The molecule has 0 spiro atoms. The number of carbonyl (C=O) groups is 3. The van der Waals surface area contributed by atoms with Crippen LogP contribution in [0, 0.1) is 0 Å². The van der Waals surface area contributed by atoms with Gasteiger partial charge in [0.15, 0.2) is 11.9 Å². The number of aliphatic hydroxyl groups is 1. The average Bonchev–Trinajstić information content (AvgIpc) is 2.96. The molecule has 0 bridgehead atoms. The number of rotatable bonds is 28. The Kier molecular flexibility index (Phi) is 28.7. The molecule has 6 heteroatoms. The van der Waals surface area contributed by atoms with Gasteiger partial charge in [-0.3, -0.25) is 14.4 Å². The van der Waals surface area contributed by atoms with Gasteiger partial charge in [-0.15, -0.1) is 0 Å². The lowest BCUT2D eigenvalue weighted by Gasteiger charge is -2.15. The summed E-state index contributed by atoms with van der Waals surface area (Å²) in [6.07, 6.45) is 33.1. The fraction of sp³-hybridized carbons (Fsp3) is 0.686. The third-order valence-electron chi connectivity index (χ3n) is 6.60. The number of aliphatic hydroxyl groups excluding tert-OH is 1. The fourth-order valence-corrected chi connectivity index (χ4v) is 4.09. The first kappa shape index (κ1) is 38.5. The summed E-state index contributed by atoms with van der Waals surface area (Å²) in [7, 11) is 0. The molecule has 0 aromatic rings. The average molecular weight is 575 g/mol. The molecule has 0 radical (unpaired) electrons. The third-order valence-corrected chi connectivity index (χ3v) is 6.60. The van der Waals surface area contributed by atoms with E-state index in [-0.39, 0.29) is 31.2 Å². The maximum absolute atomic E-state index is 12.1. The van der Waals surface area contributed by atoms with Crippen LogP contribution < -0.4 is 0 Å². The van der Waals surface area contributed by atoms with Crippen LogP contribution in [0.3, 0.4) is 0 Å². The van der Waals surface area contributed by atoms with Crippen LogP contribution in [0.2, 0.25) is 0 Å². The van der Waals surface area contributed by atoms with E-state index in [1.165, 1.54) is 63.9 Å². The summed E-state index contributed by atoms with van der Waals surface area (Å²) in [6, 6.07) is 0. The van der Waals surface area contributed by atoms with Gasteiger partial charge in [0.2, 0.25) is 0 Å². The minimum Gasteiger partial charge on any atom is -0.462 e. The lowest BCUT2D eigenvalue weighted by atomic mass is 10.1. The fourth-order valence-electron chi connectivity index (χ4n) is 4.09. The van der Waals surface area contributed by atoms with E-state index >= 15 is 0 Å². The van der Waals surface area contributed by atoms with E-state index < -0.39 is 18.7 Å². The first-order valence-electron chi connectivity index (χ1n) is 16.1. The summed E-state index contributed by atoms with van der Waals surface area (Å²) < 4.78 is 10.4. The zero-order chi connectivity index (χ0) is 30.2. The number of esters is 2. The van der Waals surface area contributed by atoms with Crippen LogP contribution in [0.25, 0.3) is 0 Å². The molecule has 0 aromatic carbocycles. The van der Waals surface area contributed by atoms with Crippen molar-refractivity contribution < 1.29 is 29.0 Å². The summed E-state index contributed by atoms with van der Waals surface area (Å²) >= 11 is 0. The van der Waals surface area contributed by atoms with Crippen LogP contribution in [0.1, 0.15) is 136 Å². The van der Waals surface area contributed by atoms with E-state index in [1.54, 1.807) is 6.08 Å². The molecule has 1 N–H and O–H groups in total. The highest BCUT2D eigenvalue weighted by molar-refractivity contribution is 5.90. The quantitative estimate of drug-likeness (QED) is 0.0330. The molecule has 41 heavy (non-hydrogen) atoms. The number of hydrogen-bond acceptors (Lipinski definition) is 6. The highest BCUT2D eigenvalue weighted by Gasteiger charge is 2.16. The number of allylic oxidation sites excluding steroid dienone is 8. The lowest BCUT2D eigenvalue weighted by molar-refractivity contribution is -0.161.